The Kier molecular flexibility index (Phi) is 36.9. The molecule has 72 heavy (non-hydrogen) atoms. The van der Waals surface area contributed by atoms with Gasteiger partial charge in [0.2, 0.25) is 11.8 Å². The van der Waals surface area contributed by atoms with Crippen molar-refractivity contribution >= 4 is 46.9 Å². The smallest absolute Gasteiger partial charge is 0.309 e. The highest BCUT2D eigenvalue weighted by molar-refractivity contribution is 5.94. The van der Waals surface area contributed by atoms with Crippen molar-refractivity contribution in [1.29, 1.82) is 0 Å². The summed E-state index contributed by atoms with van der Waals surface area (Å²) < 4.78 is 11.2. The van der Waals surface area contributed by atoms with Gasteiger partial charge < -0.3 is 47.5 Å². The first-order chi connectivity index (χ1) is 34.1. The molecule has 0 aromatic carbocycles. The van der Waals surface area contributed by atoms with Gasteiger partial charge >= 0.3 is 11.9 Å². The largest absolute Gasteiger partial charge is 0.466 e. The van der Waals surface area contributed by atoms with E-state index >= 15 is 4.79 Å². The van der Waals surface area contributed by atoms with E-state index in [1.807, 2.05) is 13.8 Å². The van der Waals surface area contributed by atoms with Gasteiger partial charge in [0.05, 0.1) is 32.1 Å². The third kappa shape index (κ3) is 29.9. The number of ketones is 4. The third-order valence-corrected chi connectivity index (χ3v) is 13.6. The monoisotopic (exact) mass is 1020 g/mol. The second kappa shape index (κ2) is 38.9. The molecule has 0 aromatic heterocycles. The van der Waals surface area contributed by atoms with E-state index in [4.69, 9.17) is 20.9 Å². The first-order valence-corrected chi connectivity index (χ1v) is 27.6. The SMILES string of the molecule is CCCCCCOC(=O)CC(CC(C)(C)C(=O)CC(CC)C(=O)OCCCCCC)C(=O)C(C)(C)CC(CC(=O)C(C)(C)CC(CC(=O)NCCNCCN)C(=O)CNCCCC)C(=O)NCCNCCN. The Hall–Kier alpha value is -3.64. The summed E-state index contributed by atoms with van der Waals surface area (Å²) in [6, 6.07) is 0. The van der Waals surface area contributed by atoms with E-state index in [0.29, 0.717) is 65.2 Å². The van der Waals surface area contributed by atoms with Crippen molar-refractivity contribution < 1.29 is 47.8 Å². The molecule has 0 heterocycles. The Morgan fingerprint density at radius 3 is 1.50 bits per heavy atom. The lowest BCUT2D eigenvalue weighted by Gasteiger charge is -2.35. The molecule has 0 rings (SSSR count). The number of nitrogens with two attached hydrogens (primary N) is 2. The van der Waals surface area contributed by atoms with E-state index in [-0.39, 0.29) is 100 Å². The molecule has 0 spiro atoms. The Morgan fingerprint density at radius 1 is 0.472 bits per heavy atom. The maximum Gasteiger partial charge on any atom is 0.309 e. The van der Waals surface area contributed by atoms with Crippen LogP contribution in [-0.2, 0) is 47.8 Å². The van der Waals surface area contributed by atoms with E-state index in [0.717, 1.165) is 57.8 Å². The predicted octanol–water partition coefficient (Wildman–Crippen LogP) is 5.91. The Morgan fingerprint density at radius 2 is 0.972 bits per heavy atom. The Labute approximate surface area is 434 Å². The van der Waals surface area contributed by atoms with Crippen LogP contribution in [0.2, 0.25) is 0 Å². The minimum atomic E-state index is -1.29. The second-order valence-electron chi connectivity index (χ2n) is 21.7. The molecule has 0 radical (unpaired) electrons. The van der Waals surface area contributed by atoms with Crippen molar-refractivity contribution in [3.63, 3.8) is 0 Å². The predicted molar refractivity (Wildman–Crippen MR) is 286 cm³/mol. The quantitative estimate of drug-likeness (QED) is 0.0276. The van der Waals surface area contributed by atoms with Gasteiger partial charge in [-0.25, -0.2) is 0 Å². The molecule has 4 atom stereocenters. The molecule has 0 aliphatic heterocycles. The van der Waals surface area contributed by atoms with E-state index in [1.165, 1.54) is 0 Å². The second-order valence-corrected chi connectivity index (χ2v) is 21.7. The van der Waals surface area contributed by atoms with Gasteiger partial charge in [-0.2, -0.15) is 0 Å². The summed E-state index contributed by atoms with van der Waals surface area (Å²) in [4.78, 5) is 111. The van der Waals surface area contributed by atoms with Crippen molar-refractivity contribution in [2.75, 3.05) is 78.7 Å². The first-order valence-electron chi connectivity index (χ1n) is 27.6. The van der Waals surface area contributed by atoms with Gasteiger partial charge in [-0.15, -0.1) is 0 Å². The van der Waals surface area contributed by atoms with Crippen LogP contribution in [0.1, 0.15) is 185 Å². The van der Waals surface area contributed by atoms with Crippen molar-refractivity contribution in [2.24, 2.45) is 51.4 Å². The average molecular weight is 1020 g/mol. The molecule has 2 amide bonds. The lowest BCUT2D eigenvalue weighted by molar-refractivity contribution is -0.152. The topological polar surface area (TPSA) is 267 Å². The number of hydrogen-bond acceptors (Lipinski definition) is 15. The minimum absolute atomic E-state index is 0.0162. The van der Waals surface area contributed by atoms with E-state index in [9.17, 15) is 33.6 Å². The van der Waals surface area contributed by atoms with Gasteiger partial charge in [0, 0.05) is 106 Å². The molecule has 0 aliphatic rings. The number of ether oxygens (including phenoxy) is 2. The fraction of sp³-hybridized carbons (Fsp3) is 0.855. The highest BCUT2D eigenvalue weighted by atomic mass is 16.5. The molecular weight excluding hydrogens is 919 g/mol. The maximum atomic E-state index is 15.0. The molecule has 0 bridgehead atoms. The average Bonchev–Trinajstić information content (AvgIpc) is 3.32. The summed E-state index contributed by atoms with van der Waals surface area (Å²) in [6.07, 6.45) is 8.79. The van der Waals surface area contributed by atoms with E-state index in [2.05, 4.69) is 40.4 Å². The summed E-state index contributed by atoms with van der Waals surface area (Å²) in [5.74, 6) is -6.29. The first kappa shape index (κ1) is 68.4. The number of carbonyl (C=O) groups excluding carboxylic acids is 8. The van der Waals surface area contributed by atoms with Gasteiger partial charge in [0.25, 0.3) is 0 Å². The van der Waals surface area contributed by atoms with Crippen molar-refractivity contribution in [3.05, 3.63) is 0 Å². The van der Waals surface area contributed by atoms with Crippen LogP contribution in [0, 0.1) is 39.9 Å². The summed E-state index contributed by atoms with van der Waals surface area (Å²) in [5.41, 5.74) is 7.61. The van der Waals surface area contributed by atoms with Crippen LogP contribution in [0.15, 0.2) is 0 Å². The molecule has 0 saturated carbocycles. The minimum Gasteiger partial charge on any atom is -0.466 e. The standard InChI is InChI=1S/C55H103N7O10/c1-11-15-18-20-31-71-49(67)36-43(38-54(7,8)46(64)33-41(14-4)52(70)72-32-21-19-16-12-2)50(68)55(9,10)39-44(51(69)62-30-28-59-26-23-57)34-47(65)53(5,6)37-42(45(63)40-60-24-17-13-3)35-48(66)61-29-27-58-25-22-56/h41-44,58-60H,11-40,56-57H2,1-10H3,(H,61,66)(H,62,69). The van der Waals surface area contributed by atoms with Gasteiger partial charge in [0.1, 0.15) is 23.1 Å². The molecular formula is C55H103N7O10. The molecule has 0 aliphatic carbocycles. The van der Waals surface area contributed by atoms with Crippen LogP contribution in [0.5, 0.6) is 0 Å². The number of carbonyl (C=O) groups is 8. The molecule has 418 valence electrons. The highest BCUT2D eigenvalue weighted by Crippen LogP contribution is 2.40. The number of amides is 2. The Balaban J connectivity index is 6.83. The van der Waals surface area contributed by atoms with Crippen molar-refractivity contribution in [2.45, 2.75) is 185 Å². The number of unbranched alkanes of at least 4 members (excludes halogenated alkanes) is 7. The van der Waals surface area contributed by atoms with Gasteiger partial charge in [-0.1, -0.05) is 114 Å². The fourth-order valence-electron chi connectivity index (χ4n) is 8.85. The summed E-state index contributed by atoms with van der Waals surface area (Å²) in [6.45, 7) is 23.0. The molecule has 0 saturated heterocycles. The zero-order chi connectivity index (χ0) is 54.6. The lowest BCUT2D eigenvalue weighted by atomic mass is 9.67. The van der Waals surface area contributed by atoms with Crippen LogP contribution in [0.4, 0.5) is 0 Å². The van der Waals surface area contributed by atoms with Crippen LogP contribution in [0.25, 0.3) is 0 Å². The van der Waals surface area contributed by atoms with Gasteiger partial charge in [-0.05, 0) is 51.5 Å². The fourth-order valence-corrected chi connectivity index (χ4v) is 8.85. The van der Waals surface area contributed by atoms with Gasteiger partial charge in [-0.3, -0.25) is 38.4 Å². The molecule has 4 unspecified atom stereocenters. The van der Waals surface area contributed by atoms with E-state index in [1.54, 1.807) is 41.5 Å². The zero-order valence-corrected chi connectivity index (χ0v) is 46.8. The molecule has 9 N–H and O–H groups in total. The maximum absolute atomic E-state index is 15.0. The zero-order valence-electron chi connectivity index (χ0n) is 46.8. The highest BCUT2D eigenvalue weighted by Gasteiger charge is 2.44. The lowest BCUT2D eigenvalue weighted by Crippen LogP contribution is -2.44. The van der Waals surface area contributed by atoms with Crippen LogP contribution in [0.3, 0.4) is 0 Å². The van der Waals surface area contributed by atoms with Crippen LogP contribution >= 0.6 is 0 Å². The number of rotatable bonds is 47. The number of Topliss-reactive ketones (excluding diaryl/α,β-unsaturated/α-hetero) is 4. The molecule has 17 nitrogen and oxygen atoms in total. The number of nitrogens with one attached hydrogen (secondary N) is 5. The normalized spacial score (nSPS) is 13.7. The van der Waals surface area contributed by atoms with Crippen molar-refractivity contribution in [3.8, 4) is 0 Å². The van der Waals surface area contributed by atoms with E-state index < -0.39 is 57.8 Å². The van der Waals surface area contributed by atoms with Crippen LogP contribution in [-0.4, -0.2) is 126 Å². The molecule has 0 fully saturated rings. The van der Waals surface area contributed by atoms with Gasteiger partial charge in [0.15, 0.2) is 0 Å². The Bertz CT molecular complexity index is 1600. The van der Waals surface area contributed by atoms with Crippen molar-refractivity contribution in [1.82, 2.24) is 26.6 Å². The summed E-state index contributed by atoms with van der Waals surface area (Å²) in [7, 11) is 0. The number of hydrogen-bond donors (Lipinski definition) is 7. The summed E-state index contributed by atoms with van der Waals surface area (Å²) >= 11 is 0. The molecule has 0 aromatic rings. The van der Waals surface area contributed by atoms with Crippen LogP contribution < -0.4 is 38.1 Å². The molecule has 17 heteroatoms. The number of esters is 2. The third-order valence-electron chi connectivity index (χ3n) is 13.6. The summed E-state index contributed by atoms with van der Waals surface area (Å²) in [5, 5.41) is 15.2.